The highest BCUT2D eigenvalue weighted by Gasteiger charge is 2.08. The first-order chi connectivity index (χ1) is 6.75. The van der Waals surface area contributed by atoms with Crippen LogP contribution in [-0.4, -0.2) is 6.54 Å². The van der Waals surface area contributed by atoms with Gasteiger partial charge in [-0.3, -0.25) is 0 Å². The lowest BCUT2D eigenvalue weighted by atomic mass is 10.0. The minimum atomic E-state index is 0.985. The van der Waals surface area contributed by atoms with Crippen molar-refractivity contribution in [2.45, 2.75) is 19.9 Å². The van der Waals surface area contributed by atoms with Crippen molar-refractivity contribution in [3.63, 3.8) is 0 Å². The van der Waals surface area contributed by atoms with Crippen LogP contribution < -0.4 is 10.6 Å². The fourth-order valence-electron chi connectivity index (χ4n) is 1.80. The van der Waals surface area contributed by atoms with E-state index in [9.17, 15) is 0 Å². The zero-order chi connectivity index (χ0) is 9.97. The van der Waals surface area contributed by atoms with Gasteiger partial charge in [0.2, 0.25) is 0 Å². The van der Waals surface area contributed by atoms with Gasteiger partial charge in [0.05, 0.1) is 0 Å². The third-order valence-corrected chi connectivity index (χ3v) is 2.45. The van der Waals surface area contributed by atoms with Crippen molar-refractivity contribution in [1.82, 2.24) is 5.32 Å². The van der Waals surface area contributed by atoms with E-state index in [0.717, 1.165) is 30.9 Å². The summed E-state index contributed by atoms with van der Waals surface area (Å²) in [4.78, 5) is 0. The molecule has 2 rings (SSSR count). The van der Waals surface area contributed by atoms with Gasteiger partial charge in [0.1, 0.15) is 0 Å². The number of hydrogen-bond donors (Lipinski definition) is 2. The summed E-state index contributed by atoms with van der Waals surface area (Å²) in [7, 11) is 0. The second kappa shape index (κ2) is 3.84. The molecule has 0 amide bonds. The van der Waals surface area contributed by atoms with Crippen molar-refractivity contribution in [1.29, 1.82) is 0 Å². The van der Waals surface area contributed by atoms with Crippen LogP contribution in [0.3, 0.4) is 0 Å². The number of hydrogen-bond acceptors (Lipinski definition) is 2. The lowest BCUT2D eigenvalue weighted by molar-refractivity contribution is 0.644. The van der Waals surface area contributed by atoms with Gasteiger partial charge in [-0.15, -0.1) is 0 Å². The summed E-state index contributed by atoms with van der Waals surface area (Å²) in [5, 5.41) is 6.60. The lowest BCUT2D eigenvalue weighted by Crippen LogP contribution is -2.23. The number of anilines is 1. The van der Waals surface area contributed by atoms with Crippen molar-refractivity contribution >= 4 is 5.69 Å². The van der Waals surface area contributed by atoms with E-state index < -0.39 is 0 Å². The predicted octanol–water partition coefficient (Wildman–Crippen LogP) is 2.28. The van der Waals surface area contributed by atoms with Gasteiger partial charge in [-0.1, -0.05) is 12.6 Å². The van der Waals surface area contributed by atoms with E-state index in [-0.39, 0.29) is 0 Å². The molecule has 1 heterocycles. The largest absolute Gasteiger partial charge is 0.360 e. The molecular formula is C12H16N2. The van der Waals surface area contributed by atoms with Gasteiger partial charge in [-0.05, 0) is 43.1 Å². The van der Waals surface area contributed by atoms with Gasteiger partial charge >= 0.3 is 0 Å². The van der Waals surface area contributed by atoms with E-state index in [0.29, 0.717) is 0 Å². The molecule has 2 heteroatoms. The highest BCUT2D eigenvalue weighted by Crippen LogP contribution is 2.19. The normalized spacial score (nSPS) is 14.6. The third kappa shape index (κ3) is 1.96. The molecule has 0 unspecified atom stereocenters. The maximum absolute atomic E-state index is 3.84. The van der Waals surface area contributed by atoms with Gasteiger partial charge in [-0.2, -0.15) is 0 Å². The summed E-state index contributed by atoms with van der Waals surface area (Å²) in [6.45, 7) is 7.90. The SMILES string of the molecule is C=C(C)Nc1ccc2c(c1)CCNC2. The summed E-state index contributed by atoms with van der Waals surface area (Å²) in [5.74, 6) is 0. The summed E-state index contributed by atoms with van der Waals surface area (Å²) in [5.41, 5.74) is 5.01. The van der Waals surface area contributed by atoms with E-state index in [2.05, 4.69) is 35.4 Å². The molecule has 1 aromatic rings. The van der Waals surface area contributed by atoms with Gasteiger partial charge in [0.25, 0.3) is 0 Å². The molecule has 0 radical (unpaired) electrons. The van der Waals surface area contributed by atoms with Crippen LogP contribution in [0.15, 0.2) is 30.5 Å². The van der Waals surface area contributed by atoms with E-state index in [4.69, 9.17) is 0 Å². The maximum Gasteiger partial charge on any atom is 0.0384 e. The van der Waals surface area contributed by atoms with Gasteiger partial charge in [0.15, 0.2) is 0 Å². The van der Waals surface area contributed by atoms with Crippen LogP contribution in [0.4, 0.5) is 5.69 Å². The molecule has 74 valence electrons. The second-order valence-electron chi connectivity index (χ2n) is 3.82. The minimum Gasteiger partial charge on any atom is -0.360 e. The maximum atomic E-state index is 3.84. The zero-order valence-electron chi connectivity index (χ0n) is 8.56. The van der Waals surface area contributed by atoms with Crippen molar-refractivity contribution in [3.05, 3.63) is 41.6 Å². The van der Waals surface area contributed by atoms with E-state index in [1.165, 1.54) is 11.1 Å². The van der Waals surface area contributed by atoms with Crippen LogP contribution in [0.2, 0.25) is 0 Å². The van der Waals surface area contributed by atoms with E-state index >= 15 is 0 Å². The molecule has 0 aliphatic carbocycles. The number of allylic oxidation sites excluding steroid dienone is 1. The monoisotopic (exact) mass is 188 g/mol. The third-order valence-electron chi connectivity index (χ3n) is 2.45. The van der Waals surface area contributed by atoms with Gasteiger partial charge in [0, 0.05) is 17.9 Å². The lowest BCUT2D eigenvalue weighted by Gasteiger charge is -2.18. The van der Waals surface area contributed by atoms with Crippen LogP contribution >= 0.6 is 0 Å². The number of benzene rings is 1. The quantitative estimate of drug-likeness (QED) is 0.744. The van der Waals surface area contributed by atoms with Crippen LogP contribution in [-0.2, 0) is 13.0 Å². The highest BCUT2D eigenvalue weighted by atomic mass is 14.9. The Bertz CT molecular complexity index is 355. The Balaban J connectivity index is 2.24. The molecule has 2 N–H and O–H groups in total. The first kappa shape index (κ1) is 9.28. The number of nitrogens with one attached hydrogen (secondary N) is 2. The molecule has 0 bridgehead atoms. The Morgan fingerprint density at radius 3 is 3.07 bits per heavy atom. The summed E-state index contributed by atoms with van der Waals surface area (Å²) >= 11 is 0. The zero-order valence-corrected chi connectivity index (χ0v) is 8.56. The standard InChI is InChI=1S/C12H16N2/c1-9(2)14-12-4-3-11-8-13-6-5-10(11)7-12/h3-4,7,13-14H,1,5-6,8H2,2H3. The molecular weight excluding hydrogens is 172 g/mol. The summed E-state index contributed by atoms with van der Waals surface area (Å²) < 4.78 is 0. The summed E-state index contributed by atoms with van der Waals surface area (Å²) in [6.07, 6.45) is 1.13. The van der Waals surface area contributed by atoms with Crippen LogP contribution in [0.25, 0.3) is 0 Å². The number of fused-ring (bicyclic) bond motifs is 1. The Morgan fingerprint density at radius 2 is 2.29 bits per heavy atom. The molecule has 0 spiro atoms. The van der Waals surface area contributed by atoms with Crippen molar-refractivity contribution in [3.8, 4) is 0 Å². The molecule has 1 aromatic carbocycles. The Morgan fingerprint density at radius 1 is 1.43 bits per heavy atom. The van der Waals surface area contributed by atoms with Gasteiger partial charge < -0.3 is 10.6 Å². The first-order valence-electron chi connectivity index (χ1n) is 5.01. The number of rotatable bonds is 2. The fraction of sp³-hybridized carbons (Fsp3) is 0.333. The van der Waals surface area contributed by atoms with Crippen LogP contribution in [0, 0.1) is 0 Å². The molecule has 0 atom stereocenters. The van der Waals surface area contributed by atoms with Crippen molar-refractivity contribution in [2.75, 3.05) is 11.9 Å². The predicted molar refractivity (Wildman–Crippen MR) is 60.3 cm³/mol. The molecule has 14 heavy (non-hydrogen) atoms. The smallest absolute Gasteiger partial charge is 0.0384 e. The van der Waals surface area contributed by atoms with Crippen LogP contribution in [0.5, 0.6) is 0 Å². The fourth-order valence-corrected chi connectivity index (χ4v) is 1.80. The highest BCUT2D eigenvalue weighted by molar-refractivity contribution is 5.52. The molecule has 1 aliphatic rings. The van der Waals surface area contributed by atoms with Gasteiger partial charge in [-0.25, -0.2) is 0 Å². The Kier molecular flexibility index (Phi) is 2.55. The average molecular weight is 188 g/mol. The summed E-state index contributed by atoms with van der Waals surface area (Å²) in [6, 6.07) is 6.53. The Labute approximate surface area is 85.0 Å². The molecule has 0 aromatic heterocycles. The van der Waals surface area contributed by atoms with Crippen molar-refractivity contribution in [2.24, 2.45) is 0 Å². The average Bonchev–Trinajstić information content (AvgIpc) is 2.17. The molecule has 0 saturated carbocycles. The molecule has 2 nitrogen and oxygen atoms in total. The Hall–Kier alpha value is -1.28. The minimum absolute atomic E-state index is 0.985. The molecule has 0 saturated heterocycles. The van der Waals surface area contributed by atoms with E-state index in [1.54, 1.807) is 0 Å². The molecule has 1 aliphatic heterocycles. The topological polar surface area (TPSA) is 24.1 Å². The first-order valence-corrected chi connectivity index (χ1v) is 5.01. The second-order valence-corrected chi connectivity index (χ2v) is 3.82. The molecule has 0 fully saturated rings. The van der Waals surface area contributed by atoms with E-state index in [1.807, 2.05) is 6.92 Å². The van der Waals surface area contributed by atoms with Crippen LogP contribution in [0.1, 0.15) is 18.1 Å². The van der Waals surface area contributed by atoms with Crippen molar-refractivity contribution < 1.29 is 0 Å².